The number of benzene rings is 1. The topological polar surface area (TPSA) is 62.9 Å². The third-order valence-electron chi connectivity index (χ3n) is 3.47. The van der Waals surface area contributed by atoms with Gasteiger partial charge in [-0.3, -0.25) is 9.89 Å². The largest absolute Gasteiger partial charge is 0.379 e. The molecule has 6 heteroatoms. The van der Waals surface area contributed by atoms with Crippen molar-refractivity contribution in [3.05, 3.63) is 34.9 Å². The molecule has 1 saturated heterocycles. The van der Waals surface area contributed by atoms with Crippen LogP contribution in [0.15, 0.2) is 29.3 Å². The van der Waals surface area contributed by atoms with Crippen LogP contribution in [0.25, 0.3) is 0 Å². The van der Waals surface area contributed by atoms with Crippen LogP contribution in [0.4, 0.5) is 0 Å². The number of nitrogens with two attached hydrogens (primary N) is 1. The van der Waals surface area contributed by atoms with E-state index >= 15 is 0 Å². The minimum Gasteiger partial charge on any atom is -0.379 e. The molecule has 2 rings (SSSR count). The number of morpholine rings is 1. The smallest absolute Gasteiger partial charge is 0.188 e. The summed E-state index contributed by atoms with van der Waals surface area (Å²) < 4.78 is 5.42. The molecule has 1 fully saturated rings. The van der Waals surface area contributed by atoms with Gasteiger partial charge in [0.2, 0.25) is 0 Å². The Hall–Kier alpha value is -1.30. The van der Waals surface area contributed by atoms with Crippen molar-refractivity contribution >= 4 is 17.6 Å². The lowest BCUT2D eigenvalue weighted by Crippen LogP contribution is -2.45. The van der Waals surface area contributed by atoms with Crippen LogP contribution in [-0.2, 0) is 4.74 Å². The number of halogens is 1. The number of rotatable bonds is 4. The Kier molecular flexibility index (Phi) is 5.64. The Morgan fingerprint density at radius 3 is 2.80 bits per heavy atom. The first-order valence-corrected chi connectivity index (χ1v) is 7.12. The Morgan fingerprint density at radius 1 is 1.45 bits per heavy atom. The highest BCUT2D eigenvalue weighted by atomic mass is 35.5. The van der Waals surface area contributed by atoms with E-state index in [0.29, 0.717) is 12.5 Å². The lowest BCUT2D eigenvalue weighted by atomic mass is 10.0. The van der Waals surface area contributed by atoms with E-state index in [9.17, 15) is 0 Å². The molecule has 0 aliphatic carbocycles. The second-order valence-electron chi connectivity index (χ2n) is 4.68. The second kappa shape index (κ2) is 7.47. The first-order valence-electron chi connectivity index (χ1n) is 6.74. The fourth-order valence-electron chi connectivity index (χ4n) is 2.35. The van der Waals surface area contributed by atoms with E-state index in [-0.39, 0.29) is 6.04 Å². The monoisotopic (exact) mass is 296 g/mol. The third kappa shape index (κ3) is 3.85. The van der Waals surface area contributed by atoms with Crippen molar-refractivity contribution in [3.8, 4) is 0 Å². The first kappa shape index (κ1) is 15.1. The van der Waals surface area contributed by atoms with Crippen molar-refractivity contribution in [1.82, 2.24) is 10.2 Å². The first-order chi connectivity index (χ1) is 9.72. The molecule has 1 atom stereocenters. The highest BCUT2D eigenvalue weighted by Crippen LogP contribution is 2.27. The van der Waals surface area contributed by atoms with Crippen molar-refractivity contribution in [2.75, 3.05) is 39.9 Å². The zero-order valence-electron chi connectivity index (χ0n) is 11.7. The van der Waals surface area contributed by atoms with E-state index in [4.69, 9.17) is 22.1 Å². The number of nitrogens with zero attached hydrogens (tertiary/aromatic N) is 2. The summed E-state index contributed by atoms with van der Waals surface area (Å²) in [6.07, 6.45) is 0. The van der Waals surface area contributed by atoms with Gasteiger partial charge < -0.3 is 15.8 Å². The molecule has 0 bridgehead atoms. The normalized spacial score (nSPS) is 18.8. The fourth-order valence-corrected chi connectivity index (χ4v) is 2.61. The fraction of sp³-hybridized carbons (Fsp3) is 0.500. The molecule has 5 nitrogen and oxygen atoms in total. The molecular weight excluding hydrogens is 276 g/mol. The van der Waals surface area contributed by atoms with Gasteiger partial charge in [-0.2, -0.15) is 0 Å². The molecule has 3 N–H and O–H groups in total. The highest BCUT2D eigenvalue weighted by Gasteiger charge is 2.24. The quantitative estimate of drug-likeness (QED) is 0.648. The van der Waals surface area contributed by atoms with Gasteiger partial charge >= 0.3 is 0 Å². The molecule has 1 aromatic carbocycles. The molecule has 0 saturated carbocycles. The third-order valence-corrected chi connectivity index (χ3v) is 3.81. The summed E-state index contributed by atoms with van der Waals surface area (Å²) in [7, 11) is 1.67. The molecule has 20 heavy (non-hydrogen) atoms. The summed E-state index contributed by atoms with van der Waals surface area (Å²) in [6, 6.07) is 8.09. The van der Waals surface area contributed by atoms with Gasteiger partial charge in [0.05, 0.1) is 19.3 Å². The number of hydrogen-bond donors (Lipinski definition) is 2. The predicted molar refractivity (Wildman–Crippen MR) is 82.1 cm³/mol. The molecule has 1 aliphatic rings. The second-order valence-corrected chi connectivity index (χ2v) is 5.08. The summed E-state index contributed by atoms with van der Waals surface area (Å²) >= 11 is 6.34. The summed E-state index contributed by atoms with van der Waals surface area (Å²) in [4.78, 5) is 6.29. The molecule has 1 unspecified atom stereocenters. The van der Waals surface area contributed by atoms with Gasteiger partial charge in [0.15, 0.2) is 5.96 Å². The molecule has 0 amide bonds. The van der Waals surface area contributed by atoms with Gasteiger partial charge in [-0.1, -0.05) is 29.8 Å². The summed E-state index contributed by atoms with van der Waals surface area (Å²) in [5, 5.41) is 3.92. The van der Waals surface area contributed by atoms with Crippen molar-refractivity contribution in [1.29, 1.82) is 0 Å². The number of guanidine groups is 1. The molecule has 0 aromatic heterocycles. The lowest BCUT2D eigenvalue weighted by molar-refractivity contribution is 0.0170. The predicted octanol–water partition coefficient (Wildman–Crippen LogP) is 1.25. The van der Waals surface area contributed by atoms with Crippen LogP contribution in [0.2, 0.25) is 5.02 Å². The van der Waals surface area contributed by atoms with Gasteiger partial charge in [-0.25, -0.2) is 0 Å². The Labute approximate surface area is 124 Å². The number of hydrogen-bond acceptors (Lipinski definition) is 3. The van der Waals surface area contributed by atoms with Crippen LogP contribution in [-0.4, -0.2) is 50.8 Å². The molecule has 1 aliphatic heterocycles. The van der Waals surface area contributed by atoms with E-state index < -0.39 is 0 Å². The van der Waals surface area contributed by atoms with Gasteiger partial charge in [0.25, 0.3) is 0 Å². The van der Waals surface area contributed by atoms with E-state index in [1.807, 2.05) is 18.2 Å². The zero-order chi connectivity index (χ0) is 14.4. The van der Waals surface area contributed by atoms with Crippen molar-refractivity contribution in [2.45, 2.75) is 6.04 Å². The van der Waals surface area contributed by atoms with E-state index in [0.717, 1.165) is 36.9 Å². The molecule has 0 spiro atoms. The molecule has 110 valence electrons. The van der Waals surface area contributed by atoms with Crippen LogP contribution in [0, 0.1) is 0 Å². The average Bonchev–Trinajstić information content (AvgIpc) is 2.50. The standard InChI is InChI=1S/C14H21ClN4O/c1-17-14(16)18-10-13(19-6-8-20-9-7-19)11-4-2-3-5-12(11)15/h2-5,13H,6-10H2,1H3,(H3,16,17,18). The van der Waals surface area contributed by atoms with Crippen molar-refractivity contribution in [3.63, 3.8) is 0 Å². The van der Waals surface area contributed by atoms with Gasteiger partial charge in [-0.05, 0) is 11.6 Å². The van der Waals surface area contributed by atoms with Crippen LogP contribution in [0.5, 0.6) is 0 Å². The SMILES string of the molecule is CN=C(N)NCC(c1ccccc1Cl)N1CCOCC1. The zero-order valence-corrected chi connectivity index (χ0v) is 12.4. The van der Waals surface area contributed by atoms with Crippen molar-refractivity contribution in [2.24, 2.45) is 10.7 Å². The van der Waals surface area contributed by atoms with Gasteiger partial charge in [0.1, 0.15) is 0 Å². The van der Waals surface area contributed by atoms with Crippen LogP contribution in [0.3, 0.4) is 0 Å². The minimum atomic E-state index is 0.160. The highest BCUT2D eigenvalue weighted by molar-refractivity contribution is 6.31. The number of ether oxygens (including phenoxy) is 1. The molecular formula is C14H21ClN4O. The van der Waals surface area contributed by atoms with E-state index in [1.165, 1.54) is 0 Å². The Bertz CT molecular complexity index is 460. The lowest BCUT2D eigenvalue weighted by Gasteiger charge is -2.35. The number of aliphatic imine (C=N–C) groups is 1. The summed E-state index contributed by atoms with van der Waals surface area (Å²) in [6.45, 7) is 3.95. The molecule has 1 aromatic rings. The van der Waals surface area contributed by atoms with Crippen LogP contribution >= 0.6 is 11.6 Å². The number of nitrogens with one attached hydrogen (secondary N) is 1. The van der Waals surface area contributed by atoms with E-state index in [2.05, 4.69) is 21.3 Å². The maximum absolute atomic E-state index is 6.34. The Balaban J connectivity index is 2.16. The maximum atomic E-state index is 6.34. The van der Waals surface area contributed by atoms with Crippen LogP contribution < -0.4 is 11.1 Å². The summed E-state index contributed by atoms with van der Waals surface area (Å²) in [5.41, 5.74) is 6.83. The minimum absolute atomic E-state index is 0.160. The van der Waals surface area contributed by atoms with Crippen LogP contribution in [0.1, 0.15) is 11.6 Å². The maximum Gasteiger partial charge on any atom is 0.188 e. The van der Waals surface area contributed by atoms with Crippen molar-refractivity contribution < 1.29 is 4.74 Å². The van der Waals surface area contributed by atoms with E-state index in [1.54, 1.807) is 7.05 Å². The van der Waals surface area contributed by atoms with Gasteiger partial charge in [0, 0.05) is 31.7 Å². The summed E-state index contributed by atoms with van der Waals surface area (Å²) in [5.74, 6) is 0.440. The average molecular weight is 297 g/mol. The Morgan fingerprint density at radius 2 is 2.15 bits per heavy atom. The van der Waals surface area contributed by atoms with Gasteiger partial charge in [-0.15, -0.1) is 0 Å². The molecule has 0 radical (unpaired) electrons. The molecule has 1 heterocycles.